The Balaban J connectivity index is 1.21. The van der Waals surface area contributed by atoms with E-state index >= 15 is 0 Å². The second kappa shape index (κ2) is 11.8. The molecule has 10 nitrogen and oxygen atoms in total. The van der Waals surface area contributed by atoms with Crippen LogP contribution in [0, 0.1) is 17.3 Å². The number of carbonyl (C=O) groups excluding carboxylic acids is 2. The number of hydrogen-bond acceptors (Lipinski definition) is 7. The van der Waals surface area contributed by atoms with Crippen molar-refractivity contribution in [2.75, 3.05) is 0 Å². The van der Waals surface area contributed by atoms with Gasteiger partial charge in [0.2, 0.25) is 5.91 Å². The maximum Gasteiger partial charge on any atom is 0.481 e. The largest absolute Gasteiger partial charge is 0.481 e. The molecule has 4 fully saturated rings. The summed E-state index contributed by atoms with van der Waals surface area (Å²) in [6, 6.07) is 9.44. The summed E-state index contributed by atoms with van der Waals surface area (Å²) in [6.45, 7) is 6.86. The monoisotopic (exact) mass is 584 g/mol. The average Bonchev–Trinajstić information content (AvgIpc) is 3.58. The lowest BCUT2D eigenvalue weighted by Crippen LogP contribution is -2.65. The van der Waals surface area contributed by atoms with Crippen molar-refractivity contribution in [1.29, 1.82) is 0 Å². The maximum absolute atomic E-state index is 14.0. The van der Waals surface area contributed by atoms with Crippen LogP contribution < -0.4 is 10.6 Å². The lowest BCUT2D eigenvalue weighted by Gasteiger charge is -2.64. The third kappa shape index (κ3) is 5.84. The molecule has 6 atom stereocenters. The fourth-order valence-electron chi connectivity index (χ4n) is 7.44. The molecular weight excluding hydrogens is 543 g/mol. The third-order valence-electron chi connectivity index (χ3n) is 10.2. The molecule has 2 amide bonds. The van der Waals surface area contributed by atoms with Gasteiger partial charge in [0.25, 0.3) is 5.91 Å². The number of rotatable bonds is 11. The van der Waals surface area contributed by atoms with Gasteiger partial charge in [-0.1, -0.05) is 44.2 Å². The summed E-state index contributed by atoms with van der Waals surface area (Å²) in [4.78, 5) is 39.6. The van der Waals surface area contributed by atoms with Gasteiger partial charge in [0, 0.05) is 38.3 Å². The van der Waals surface area contributed by atoms with Crippen molar-refractivity contribution in [3.63, 3.8) is 0 Å². The molecule has 11 heteroatoms. The van der Waals surface area contributed by atoms with Gasteiger partial charge in [0.05, 0.1) is 23.8 Å². The van der Waals surface area contributed by atoms with Gasteiger partial charge in [-0.2, -0.15) is 0 Å². The summed E-state index contributed by atoms with van der Waals surface area (Å²) < 4.78 is 15.3. The minimum atomic E-state index is -0.891. The maximum atomic E-state index is 14.0. The van der Waals surface area contributed by atoms with E-state index in [1.807, 2.05) is 36.0 Å². The van der Waals surface area contributed by atoms with Crippen molar-refractivity contribution in [2.45, 2.75) is 83.0 Å². The van der Waals surface area contributed by atoms with Crippen molar-refractivity contribution < 1.29 is 18.9 Å². The Labute approximate surface area is 253 Å². The molecule has 3 saturated carbocycles. The Morgan fingerprint density at radius 3 is 2.60 bits per heavy atom. The first-order valence-corrected chi connectivity index (χ1v) is 15.4. The Hall–Kier alpha value is -3.57. The van der Waals surface area contributed by atoms with Gasteiger partial charge in [0.1, 0.15) is 17.6 Å². The van der Waals surface area contributed by atoms with Gasteiger partial charge in [-0.05, 0) is 61.8 Å². The Bertz CT molecular complexity index is 1440. The van der Waals surface area contributed by atoms with E-state index in [0.717, 1.165) is 25.7 Å². The molecule has 2 aromatic heterocycles. The molecule has 3 aromatic rings. The highest BCUT2D eigenvalue weighted by molar-refractivity contribution is 6.47. The third-order valence-corrected chi connectivity index (χ3v) is 10.2. The molecule has 2 N–H and O–H groups in total. The zero-order chi connectivity index (χ0) is 30.2. The van der Waals surface area contributed by atoms with Crippen LogP contribution in [0.25, 0.3) is 0 Å². The number of carbonyl (C=O) groups is 2. The van der Waals surface area contributed by atoms with Crippen LogP contribution in [-0.4, -0.2) is 62.1 Å². The molecular formula is C32H41BN6O4. The first-order valence-electron chi connectivity index (χ1n) is 15.4. The summed E-state index contributed by atoms with van der Waals surface area (Å²) >= 11 is 0. The molecule has 0 spiro atoms. The average molecular weight is 585 g/mol. The molecule has 4 aliphatic rings. The smallest absolute Gasteiger partial charge is 0.404 e. The summed E-state index contributed by atoms with van der Waals surface area (Å²) in [5.41, 5.74) is 1.21. The summed E-state index contributed by atoms with van der Waals surface area (Å²) in [5.74, 6) is 0.531. The Morgan fingerprint density at radius 1 is 1.09 bits per heavy atom. The fourth-order valence-corrected chi connectivity index (χ4v) is 7.44. The summed E-state index contributed by atoms with van der Waals surface area (Å²) in [6.07, 6.45) is 12.5. The van der Waals surface area contributed by atoms with E-state index in [-0.39, 0.29) is 29.5 Å². The highest BCUT2D eigenvalue weighted by Gasteiger charge is 2.68. The van der Waals surface area contributed by atoms with Gasteiger partial charge in [0.15, 0.2) is 0 Å². The van der Waals surface area contributed by atoms with Crippen molar-refractivity contribution in [3.05, 3.63) is 78.4 Å². The molecule has 7 rings (SSSR count). The predicted molar refractivity (Wildman–Crippen MR) is 162 cm³/mol. The highest BCUT2D eigenvalue weighted by atomic mass is 16.7. The number of nitrogens with zero attached hydrogens (tertiary/aromatic N) is 4. The Morgan fingerprint density at radius 2 is 1.91 bits per heavy atom. The zero-order valence-electron chi connectivity index (χ0n) is 25.4. The second-order valence-corrected chi connectivity index (χ2v) is 13.1. The number of nitrogens with one attached hydrogen (secondary N) is 2. The predicted octanol–water partition coefficient (Wildman–Crippen LogP) is 3.33. The van der Waals surface area contributed by atoms with E-state index in [9.17, 15) is 9.59 Å². The fraction of sp³-hybridized carbons (Fsp3) is 0.531. The molecule has 3 aliphatic carbocycles. The van der Waals surface area contributed by atoms with Gasteiger partial charge in [-0.15, -0.1) is 0 Å². The van der Waals surface area contributed by atoms with Crippen molar-refractivity contribution in [2.24, 2.45) is 24.3 Å². The van der Waals surface area contributed by atoms with Crippen LogP contribution in [0.5, 0.6) is 0 Å². The molecule has 0 unspecified atom stereocenters. The molecule has 3 heterocycles. The van der Waals surface area contributed by atoms with Gasteiger partial charge in [-0.3, -0.25) is 14.6 Å². The zero-order valence-corrected chi connectivity index (χ0v) is 25.4. The normalized spacial score (nSPS) is 26.6. The SMILES string of the molecule is Cn1ccnc1C[C@@H](NC(=O)c1cnccn1)C(=O)N[C@@H](CCCc1ccccc1)B1O[C@@H]2C[C@@H]3C[C@@H](C3(C)C)[C@]2(C)O1. The van der Waals surface area contributed by atoms with Crippen molar-refractivity contribution in [3.8, 4) is 0 Å². The molecule has 2 bridgehead atoms. The second-order valence-electron chi connectivity index (χ2n) is 13.1. The quantitative estimate of drug-likeness (QED) is 0.332. The van der Waals surface area contributed by atoms with Crippen LogP contribution in [0.15, 0.2) is 61.3 Å². The van der Waals surface area contributed by atoms with Gasteiger partial charge >= 0.3 is 7.12 Å². The minimum Gasteiger partial charge on any atom is -0.404 e. The molecule has 0 radical (unpaired) electrons. The number of imidazole rings is 1. The molecule has 1 saturated heterocycles. The first kappa shape index (κ1) is 29.5. The van der Waals surface area contributed by atoms with E-state index in [4.69, 9.17) is 9.31 Å². The van der Waals surface area contributed by atoms with Gasteiger partial charge < -0.3 is 24.5 Å². The van der Waals surface area contributed by atoms with E-state index in [1.54, 1.807) is 6.20 Å². The first-order chi connectivity index (χ1) is 20.6. The number of amides is 2. The van der Waals surface area contributed by atoms with Crippen LogP contribution in [0.1, 0.15) is 68.3 Å². The van der Waals surface area contributed by atoms with Crippen molar-refractivity contribution >= 4 is 18.9 Å². The van der Waals surface area contributed by atoms with Crippen LogP contribution >= 0.6 is 0 Å². The molecule has 226 valence electrons. The van der Waals surface area contributed by atoms with Crippen LogP contribution in [-0.2, 0) is 34.0 Å². The number of aromatic nitrogens is 4. The minimum absolute atomic E-state index is 0.00234. The van der Waals surface area contributed by atoms with Crippen LogP contribution in [0.4, 0.5) is 0 Å². The van der Waals surface area contributed by atoms with E-state index in [1.165, 1.54) is 24.2 Å². The molecule has 43 heavy (non-hydrogen) atoms. The van der Waals surface area contributed by atoms with E-state index < -0.39 is 30.6 Å². The summed E-state index contributed by atoms with van der Waals surface area (Å²) in [7, 11) is 1.29. The van der Waals surface area contributed by atoms with E-state index in [0.29, 0.717) is 24.1 Å². The van der Waals surface area contributed by atoms with Crippen molar-refractivity contribution in [1.82, 2.24) is 30.2 Å². The Kier molecular flexibility index (Phi) is 8.13. The van der Waals surface area contributed by atoms with E-state index in [2.05, 4.69) is 58.5 Å². The lowest BCUT2D eigenvalue weighted by molar-refractivity contribution is -0.199. The van der Waals surface area contributed by atoms with Crippen LogP contribution in [0.3, 0.4) is 0 Å². The number of hydrogen-bond donors (Lipinski definition) is 2. The standard InChI is InChI=1S/C32H41BN6O4/c1-31(2)22-17-25(31)32(3)26(18-22)42-33(43-32)27(12-8-11-21-9-6-5-7-10-21)38-29(40)23(19-28-36-15-16-39(28)4)37-30(41)24-20-34-13-14-35-24/h5-7,9-10,13-16,20,22-23,25-27H,8,11-12,17-19H2,1-4H3,(H,37,41)(H,38,40)/t22-,23+,25-,26+,27-,32-/m0/s1. The van der Waals surface area contributed by atoms with Gasteiger partial charge in [-0.25, -0.2) is 9.97 Å². The number of aryl methyl sites for hydroxylation is 2. The van der Waals surface area contributed by atoms with Crippen LogP contribution in [0.2, 0.25) is 0 Å². The highest BCUT2D eigenvalue weighted by Crippen LogP contribution is 2.65. The lowest BCUT2D eigenvalue weighted by atomic mass is 9.43. The number of benzene rings is 1. The molecule has 1 aliphatic heterocycles. The topological polar surface area (TPSA) is 120 Å². The summed E-state index contributed by atoms with van der Waals surface area (Å²) in [5, 5.41) is 6.10. The molecule has 1 aromatic carbocycles.